The van der Waals surface area contributed by atoms with E-state index in [4.69, 9.17) is 5.73 Å². The van der Waals surface area contributed by atoms with Gasteiger partial charge in [0.2, 0.25) is 0 Å². The summed E-state index contributed by atoms with van der Waals surface area (Å²) in [5.41, 5.74) is 8.87. The molecule has 0 spiro atoms. The maximum Gasteiger partial charge on any atom is 0.193 e. The molecule has 0 amide bonds. The number of rotatable bonds is 1. The lowest BCUT2D eigenvalue weighted by atomic mass is 9.96. The normalized spacial score (nSPS) is 14.2. The molecule has 2 N–H and O–H groups in total. The highest BCUT2D eigenvalue weighted by Crippen LogP contribution is 2.32. The minimum Gasteiger partial charge on any atom is -0.390 e. The Morgan fingerprint density at radius 1 is 1.06 bits per heavy atom. The summed E-state index contributed by atoms with van der Waals surface area (Å²) in [6.45, 7) is 0. The van der Waals surface area contributed by atoms with Gasteiger partial charge >= 0.3 is 0 Å². The van der Waals surface area contributed by atoms with Crippen LogP contribution in [0.5, 0.6) is 0 Å². The van der Waals surface area contributed by atoms with Crippen molar-refractivity contribution in [1.82, 2.24) is 0 Å². The summed E-state index contributed by atoms with van der Waals surface area (Å²) in [6, 6.07) is 9.74. The lowest BCUT2D eigenvalue weighted by Crippen LogP contribution is -2.18. The summed E-state index contributed by atoms with van der Waals surface area (Å²) in [5, 5.41) is 0.659. The van der Waals surface area contributed by atoms with Crippen LogP contribution in [0.4, 0.5) is 5.00 Å². The molecular formula is C15H15NOS. The Kier molecular flexibility index (Phi) is 2.92. The van der Waals surface area contributed by atoms with Crippen LogP contribution >= 0.6 is 11.3 Å². The van der Waals surface area contributed by atoms with Crippen molar-refractivity contribution in [2.24, 2.45) is 0 Å². The van der Waals surface area contributed by atoms with E-state index in [0.717, 1.165) is 30.4 Å². The van der Waals surface area contributed by atoms with Gasteiger partial charge in [0.25, 0.3) is 0 Å². The molecule has 2 aromatic rings. The van der Waals surface area contributed by atoms with Crippen molar-refractivity contribution in [3.05, 3.63) is 51.0 Å². The summed E-state index contributed by atoms with van der Waals surface area (Å²) in [6.07, 6.45) is 4.21. The van der Waals surface area contributed by atoms with Crippen molar-refractivity contribution >= 4 is 16.3 Å². The highest BCUT2D eigenvalue weighted by molar-refractivity contribution is 7.16. The topological polar surface area (TPSA) is 43.1 Å². The van der Waals surface area contributed by atoms with Crippen LogP contribution in [0, 0.1) is 0 Å². The van der Waals surface area contributed by atoms with E-state index >= 15 is 0 Å². The number of nitrogens with two attached hydrogens (primary N) is 1. The monoisotopic (exact) mass is 257 g/mol. The number of hydrogen-bond acceptors (Lipinski definition) is 3. The van der Waals surface area contributed by atoms with Gasteiger partial charge in [-0.15, -0.1) is 11.3 Å². The molecule has 1 aromatic heterocycles. The predicted molar refractivity (Wildman–Crippen MR) is 77.1 cm³/mol. The van der Waals surface area contributed by atoms with Crippen LogP contribution in [0.1, 0.15) is 23.3 Å². The van der Waals surface area contributed by atoms with Crippen molar-refractivity contribution < 1.29 is 0 Å². The van der Waals surface area contributed by atoms with Crippen molar-refractivity contribution in [2.75, 3.05) is 5.73 Å². The van der Waals surface area contributed by atoms with E-state index in [9.17, 15) is 4.79 Å². The van der Waals surface area contributed by atoms with Gasteiger partial charge in [-0.1, -0.05) is 30.3 Å². The van der Waals surface area contributed by atoms with Crippen LogP contribution in [-0.2, 0) is 12.8 Å². The van der Waals surface area contributed by atoms with E-state index < -0.39 is 0 Å². The number of aryl methyl sites for hydroxylation is 1. The molecular weight excluding hydrogens is 242 g/mol. The van der Waals surface area contributed by atoms with Crippen LogP contribution in [0.2, 0.25) is 0 Å². The molecule has 0 saturated carbocycles. The molecule has 0 atom stereocenters. The second-order valence-corrected chi connectivity index (χ2v) is 5.78. The number of benzene rings is 1. The first-order chi connectivity index (χ1) is 8.77. The van der Waals surface area contributed by atoms with Gasteiger partial charge in [-0.2, -0.15) is 0 Å². The van der Waals surface area contributed by atoms with Crippen LogP contribution < -0.4 is 11.2 Å². The minimum atomic E-state index is 0.146. The molecule has 92 valence electrons. The molecule has 0 aliphatic heterocycles. The maximum atomic E-state index is 12.6. The van der Waals surface area contributed by atoms with E-state index in [2.05, 4.69) is 0 Å². The van der Waals surface area contributed by atoms with Crippen molar-refractivity contribution in [1.29, 1.82) is 0 Å². The zero-order chi connectivity index (χ0) is 12.5. The molecule has 1 aliphatic rings. The first-order valence-electron chi connectivity index (χ1n) is 6.27. The molecule has 1 aromatic carbocycles. The fraction of sp³-hybridized carbons (Fsp3) is 0.267. The maximum absolute atomic E-state index is 12.6. The zero-order valence-corrected chi connectivity index (χ0v) is 10.9. The summed E-state index contributed by atoms with van der Waals surface area (Å²) >= 11 is 1.59. The third kappa shape index (κ3) is 1.85. The molecule has 2 nitrogen and oxygen atoms in total. The van der Waals surface area contributed by atoms with E-state index in [1.165, 1.54) is 11.3 Å². The van der Waals surface area contributed by atoms with Gasteiger partial charge in [0, 0.05) is 10.4 Å². The van der Waals surface area contributed by atoms with Crippen LogP contribution in [-0.4, -0.2) is 0 Å². The van der Waals surface area contributed by atoms with Crippen molar-refractivity contribution in [2.45, 2.75) is 25.7 Å². The number of hydrogen-bond donors (Lipinski definition) is 1. The van der Waals surface area contributed by atoms with Crippen molar-refractivity contribution in [3.8, 4) is 11.1 Å². The zero-order valence-electron chi connectivity index (χ0n) is 10.1. The Morgan fingerprint density at radius 3 is 2.56 bits per heavy atom. The van der Waals surface area contributed by atoms with E-state index in [-0.39, 0.29) is 5.43 Å². The lowest BCUT2D eigenvalue weighted by Gasteiger charge is -2.16. The average molecular weight is 257 g/mol. The van der Waals surface area contributed by atoms with Gasteiger partial charge < -0.3 is 5.73 Å². The fourth-order valence-electron chi connectivity index (χ4n) is 2.56. The minimum absolute atomic E-state index is 0.146. The molecule has 0 bridgehead atoms. The second-order valence-electron chi connectivity index (χ2n) is 4.65. The van der Waals surface area contributed by atoms with Gasteiger partial charge in [-0.25, -0.2) is 0 Å². The molecule has 3 rings (SSSR count). The summed E-state index contributed by atoms with van der Waals surface area (Å²) in [7, 11) is 0. The molecule has 0 fully saturated rings. The SMILES string of the molecule is Nc1sc2c(c(=O)c1-c1ccccc1)CCCC2. The largest absolute Gasteiger partial charge is 0.390 e. The van der Waals surface area contributed by atoms with E-state index in [1.807, 2.05) is 30.3 Å². The van der Waals surface area contributed by atoms with Gasteiger partial charge in [0.1, 0.15) is 0 Å². The van der Waals surface area contributed by atoms with Gasteiger partial charge in [0.05, 0.1) is 10.6 Å². The molecule has 18 heavy (non-hydrogen) atoms. The standard InChI is InChI=1S/C15H15NOS/c16-15-13(10-6-2-1-3-7-10)14(17)11-8-4-5-9-12(11)18-15/h1-3,6-7H,4-5,8-9,16H2. The third-order valence-corrected chi connectivity index (χ3v) is 4.58. The number of nitrogen functional groups attached to an aromatic ring is 1. The van der Waals surface area contributed by atoms with Crippen molar-refractivity contribution in [3.63, 3.8) is 0 Å². The number of anilines is 1. The first kappa shape index (κ1) is 11.5. The van der Waals surface area contributed by atoms with Crippen LogP contribution in [0.3, 0.4) is 0 Å². The molecule has 0 radical (unpaired) electrons. The first-order valence-corrected chi connectivity index (χ1v) is 7.09. The Bertz CT molecular complexity index is 631. The molecule has 1 aliphatic carbocycles. The third-order valence-electron chi connectivity index (χ3n) is 3.46. The Morgan fingerprint density at radius 2 is 1.78 bits per heavy atom. The highest BCUT2D eigenvalue weighted by Gasteiger charge is 2.19. The summed E-state index contributed by atoms with van der Waals surface area (Å²) in [4.78, 5) is 13.8. The smallest absolute Gasteiger partial charge is 0.193 e. The van der Waals surface area contributed by atoms with Gasteiger partial charge in [0.15, 0.2) is 5.43 Å². The van der Waals surface area contributed by atoms with Gasteiger partial charge in [-0.3, -0.25) is 4.79 Å². The van der Waals surface area contributed by atoms with E-state index in [1.54, 1.807) is 11.3 Å². The predicted octanol–water partition coefficient (Wildman–Crippen LogP) is 3.24. The molecule has 0 saturated heterocycles. The molecule has 1 heterocycles. The summed E-state index contributed by atoms with van der Waals surface area (Å²) in [5.74, 6) is 0. The Labute approximate surface area is 110 Å². The van der Waals surface area contributed by atoms with Crippen LogP contribution in [0.25, 0.3) is 11.1 Å². The quantitative estimate of drug-likeness (QED) is 0.852. The Balaban J connectivity index is 2.25. The fourth-order valence-corrected chi connectivity index (χ4v) is 3.70. The average Bonchev–Trinajstić information content (AvgIpc) is 2.40. The Hall–Kier alpha value is -1.61. The lowest BCUT2D eigenvalue weighted by molar-refractivity contribution is 0.692. The molecule has 3 heteroatoms. The number of fused-ring (bicyclic) bond motifs is 1. The van der Waals surface area contributed by atoms with E-state index in [0.29, 0.717) is 10.6 Å². The van der Waals surface area contributed by atoms with Gasteiger partial charge in [-0.05, 0) is 31.2 Å². The molecule has 0 unspecified atom stereocenters. The van der Waals surface area contributed by atoms with Crippen LogP contribution in [0.15, 0.2) is 35.1 Å². The summed E-state index contributed by atoms with van der Waals surface area (Å²) < 4.78 is 0. The second kappa shape index (κ2) is 4.58. The highest BCUT2D eigenvalue weighted by atomic mass is 32.1.